The predicted molar refractivity (Wildman–Crippen MR) is 94.0 cm³/mol. The average molecular weight is 354 g/mol. The molecule has 1 fully saturated rings. The number of carboxylic acid groups (broad SMARTS) is 1. The van der Waals surface area contributed by atoms with Crippen molar-refractivity contribution in [3.8, 4) is 0 Å². The molecule has 0 spiro atoms. The molecule has 6 nitrogen and oxygen atoms in total. The van der Waals surface area contributed by atoms with Gasteiger partial charge in [0.05, 0.1) is 11.3 Å². The highest BCUT2D eigenvalue weighted by Gasteiger charge is 2.24. The number of hydrogen-bond acceptors (Lipinski definition) is 4. The summed E-state index contributed by atoms with van der Waals surface area (Å²) in [4.78, 5) is 11.2. The van der Waals surface area contributed by atoms with Crippen molar-refractivity contribution in [1.29, 1.82) is 0 Å². The van der Waals surface area contributed by atoms with Crippen LogP contribution in [-0.2, 0) is 10.0 Å². The SMILES string of the molecule is CCC[C@@H](C)NS(=O)(=O)c1cc(C(=O)O)ccc1NC1CCCC1. The largest absolute Gasteiger partial charge is 0.478 e. The van der Waals surface area contributed by atoms with E-state index in [0.29, 0.717) is 5.69 Å². The Hall–Kier alpha value is -1.60. The van der Waals surface area contributed by atoms with E-state index in [2.05, 4.69) is 10.0 Å². The Morgan fingerprint density at radius 3 is 2.58 bits per heavy atom. The second-order valence-corrected chi connectivity index (χ2v) is 8.14. The number of benzene rings is 1. The zero-order valence-electron chi connectivity index (χ0n) is 14.2. The maximum absolute atomic E-state index is 12.7. The number of carboxylic acids is 1. The number of anilines is 1. The van der Waals surface area contributed by atoms with E-state index < -0.39 is 16.0 Å². The van der Waals surface area contributed by atoms with Gasteiger partial charge >= 0.3 is 5.97 Å². The summed E-state index contributed by atoms with van der Waals surface area (Å²) < 4.78 is 28.1. The van der Waals surface area contributed by atoms with Gasteiger partial charge in [0, 0.05) is 12.1 Å². The van der Waals surface area contributed by atoms with Crippen LogP contribution in [0.5, 0.6) is 0 Å². The smallest absolute Gasteiger partial charge is 0.335 e. The van der Waals surface area contributed by atoms with Crippen LogP contribution in [0.3, 0.4) is 0 Å². The van der Waals surface area contributed by atoms with E-state index in [1.807, 2.05) is 13.8 Å². The number of hydrogen-bond donors (Lipinski definition) is 3. The van der Waals surface area contributed by atoms with Crippen LogP contribution in [0, 0.1) is 0 Å². The maximum Gasteiger partial charge on any atom is 0.335 e. The highest BCUT2D eigenvalue weighted by Crippen LogP contribution is 2.28. The van der Waals surface area contributed by atoms with Crippen molar-refractivity contribution in [1.82, 2.24) is 4.72 Å². The minimum Gasteiger partial charge on any atom is -0.478 e. The van der Waals surface area contributed by atoms with Crippen LogP contribution in [0.4, 0.5) is 5.69 Å². The van der Waals surface area contributed by atoms with Crippen LogP contribution in [-0.4, -0.2) is 31.6 Å². The van der Waals surface area contributed by atoms with Gasteiger partial charge in [0.25, 0.3) is 0 Å². The summed E-state index contributed by atoms with van der Waals surface area (Å²) in [5.74, 6) is -1.14. The Morgan fingerprint density at radius 2 is 2.00 bits per heavy atom. The molecule has 1 aliphatic carbocycles. The second-order valence-electron chi connectivity index (χ2n) is 6.45. The molecule has 0 saturated heterocycles. The van der Waals surface area contributed by atoms with E-state index in [1.54, 1.807) is 6.07 Å². The third kappa shape index (κ3) is 4.70. The van der Waals surface area contributed by atoms with Gasteiger partial charge < -0.3 is 10.4 Å². The van der Waals surface area contributed by atoms with Crippen molar-refractivity contribution in [3.63, 3.8) is 0 Å². The molecule has 7 heteroatoms. The quantitative estimate of drug-likeness (QED) is 0.666. The van der Waals surface area contributed by atoms with Gasteiger partial charge in [-0.3, -0.25) is 0 Å². The van der Waals surface area contributed by atoms with E-state index in [1.165, 1.54) is 12.1 Å². The molecule has 134 valence electrons. The second kappa shape index (κ2) is 7.98. The maximum atomic E-state index is 12.7. The van der Waals surface area contributed by atoms with Crippen molar-refractivity contribution in [2.24, 2.45) is 0 Å². The molecule has 0 aromatic heterocycles. The first-order valence-electron chi connectivity index (χ1n) is 8.49. The number of rotatable bonds is 8. The normalized spacial score (nSPS) is 16.9. The Bertz CT molecular complexity index is 682. The fourth-order valence-corrected chi connectivity index (χ4v) is 4.58. The van der Waals surface area contributed by atoms with Crippen molar-refractivity contribution in [2.75, 3.05) is 5.32 Å². The molecule has 0 unspecified atom stereocenters. The molecular weight excluding hydrogens is 328 g/mol. The number of carbonyl (C=O) groups is 1. The Balaban J connectivity index is 2.35. The molecule has 1 aromatic carbocycles. The van der Waals surface area contributed by atoms with Gasteiger partial charge in [0.2, 0.25) is 10.0 Å². The van der Waals surface area contributed by atoms with Gasteiger partial charge in [-0.1, -0.05) is 26.2 Å². The lowest BCUT2D eigenvalue weighted by atomic mass is 10.2. The fourth-order valence-electron chi connectivity index (χ4n) is 3.11. The summed E-state index contributed by atoms with van der Waals surface area (Å²) in [7, 11) is -3.79. The molecule has 0 bridgehead atoms. The monoisotopic (exact) mass is 354 g/mol. The lowest BCUT2D eigenvalue weighted by Crippen LogP contribution is -2.33. The molecule has 1 aliphatic rings. The Labute approximate surface area is 143 Å². The zero-order chi connectivity index (χ0) is 17.7. The first-order chi connectivity index (χ1) is 11.3. The Morgan fingerprint density at radius 1 is 1.33 bits per heavy atom. The first kappa shape index (κ1) is 18.7. The van der Waals surface area contributed by atoms with Gasteiger partial charge in [0.15, 0.2) is 0 Å². The zero-order valence-corrected chi connectivity index (χ0v) is 15.0. The van der Waals surface area contributed by atoms with Crippen molar-refractivity contribution in [3.05, 3.63) is 23.8 Å². The first-order valence-corrected chi connectivity index (χ1v) is 9.98. The topological polar surface area (TPSA) is 95.5 Å². The fraction of sp³-hybridized carbons (Fsp3) is 0.588. The van der Waals surface area contributed by atoms with Gasteiger partial charge in [-0.2, -0.15) is 0 Å². The van der Waals surface area contributed by atoms with Crippen molar-refractivity contribution >= 4 is 21.7 Å². The van der Waals surface area contributed by atoms with Gasteiger partial charge in [0.1, 0.15) is 4.90 Å². The van der Waals surface area contributed by atoms with Crippen molar-refractivity contribution in [2.45, 2.75) is 69.4 Å². The Kier molecular flexibility index (Phi) is 6.23. The summed E-state index contributed by atoms with van der Waals surface area (Å²) in [6.07, 6.45) is 5.84. The van der Waals surface area contributed by atoms with Crippen molar-refractivity contribution < 1.29 is 18.3 Å². The average Bonchev–Trinajstić information content (AvgIpc) is 3.00. The van der Waals surface area contributed by atoms with E-state index in [0.717, 1.165) is 38.5 Å². The third-order valence-electron chi connectivity index (χ3n) is 4.31. The van der Waals surface area contributed by atoms with E-state index >= 15 is 0 Å². The highest BCUT2D eigenvalue weighted by atomic mass is 32.2. The molecule has 24 heavy (non-hydrogen) atoms. The van der Waals surface area contributed by atoms with Gasteiger partial charge in [-0.05, 0) is 44.4 Å². The third-order valence-corrected chi connectivity index (χ3v) is 5.94. The standard InChI is InChI=1S/C17H26N2O4S/c1-3-6-12(2)19-24(22,23)16-11-13(17(20)21)9-10-15(16)18-14-7-4-5-8-14/h9-12,14,18-19H,3-8H2,1-2H3,(H,20,21)/t12-/m1/s1. The van der Waals surface area contributed by atoms with E-state index in [4.69, 9.17) is 0 Å². The highest BCUT2D eigenvalue weighted by molar-refractivity contribution is 7.89. The molecule has 1 aromatic rings. The van der Waals surface area contributed by atoms with Crippen LogP contribution in [0.1, 0.15) is 62.7 Å². The summed E-state index contributed by atoms with van der Waals surface area (Å²) in [5.41, 5.74) is 0.443. The lowest BCUT2D eigenvalue weighted by Gasteiger charge is -2.19. The molecule has 1 atom stereocenters. The summed E-state index contributed by atoms with van der Waals surface area (Å²) >= 11 is 0. The molecular formula is C17H26N2O4S. The minimum atomic E-state index is -3.79. The molecule has 2 rings (SSSR count). The van der Waals surface area contributed by atoms with Crippen LogP contribution in [0.25, 0.3) is 0 Å². The molecule has 3 N–H and O–H groups in total. The van der Waals surface area contributed by atoms with Crippen LogP contribution in [0.15, 0.2) is 23.1 Å². The van der Waals surface area contributed by atoms with Crippen LogP contribution < -0.4 is 10.0 Å². The minimum absolute atomic E-state index is 0.0113. The molecule has 0 radical (unpaired) electrons. The summed E-state index contributed by atoms with van der Waals surface area (Å²) in [6.45, 7) is 3.80. The van der Waals surface area contributed by atoms with Gasteiger partial charge in [-0.25, -0.2) is 17.9 Å². The van der Waals surface area contributed by atoms with E-state index in [9.17, 15) is 18.3 Å². The van der Waals surface area contributed by atoms with Gasteiger partial charge in [-0.15, -0.1) is 0 Å². The molecule has 0 heterocycles. The number of nitrogens with one attached hydrogen (secondary N) is 2. The number of sulfonamides is 1. The molecule has 0 amide bonds. The van der Waals surface area contributed by atoms with Crippen LogP contribution >= 0.6 is 0 Å². The molecule has 1 saturated carbocycles. The number of aromatic carboxylic acids is 1. The molecule has 0 aliphatic heterocycles. The van der Waals surface area contributed by atoms with E-state index in [-0.39, 0.29) is 22.5 Å². The predicted octanol–water partition coefficient (Wildman–Crippen LogP) is 3.21. The summed E-state index contributed by atoms with van der Waals surface area (Å²) in [5, 5.41) is 12.5. The lowest BCUT2D eigenvalue weighted by molar-refractivity contribution is 0.0696. The van der Waals surface area contributed by atoms with Crippen LogP contribution in [0.2, 0.25) is 0 Å². The summed E-state index contributed by atoms with van der Waals surface area (Å²) in [6, 6.07) is 4.27.